The summed E-state index contributed by atoms with van der Waals surface area (Å²) in [6, 6.07) is 11.2. The van der Waals surface area contributed by atoms with E-state index in [1.807, 2.05) is 6.92 Å². The number of benzene rings is 2. The van der Waals surface area contributed by atoms with Gasteiger partial charge in [0.15, 0.2) is 6.61 Å². The first kappa shape index (κ1) is 23.1. The van der Waals surface area contributed by atoms with Crippen LogP contribution in [0.5, 0.6) is 5.75 Å². The lowest BCUT2D eigenvalue weighted by Gasteiger charge is -2.33. The number of sulfonamides is 1. The number of hydrogen-bond donors (Lipinski definition) is 0. The summed E-state index contributed by atoms with van der Waals surface area (Å²) in [4.78, 5) is 26.5. The zero-order valence-corrected chi connectivity index (χ0v) is 18.8. The molecule has 0 radical (unpaired) electrons. The van der Waals surface area contributed by atoms with Crippen LogP contribution in [0.25, 0.3) is 0 Å². The van der Waals surface area contributed by atoms with Gasteiger partial charge in [0, 0.05) is 31.2 Å². The van der Waals surface area contributed by atoms with Crippen LogP contribution in [0.1, 0.15) is 15.9 Å². The number of carbonyl (C=O) groups excluding carboxylic acids is 2. The molecule has 10 heteroatoms. The van der Waals surface area contributed by atoms with Crippen molar-refractivity contribution in [3.05, 3.63) is 58.6 Å². The minimum Gasteiger partial charge on any atom is -0.496 e. The average molecular weight is 467 g/mol. The molecule has 0 spiro atoms. The van der Waals surface area contributed by atoms with Crippen molar-refractivity contribution in [2.45, 2.75) is 11.8 Å². The Morgan fingerprint density at radius 1 is 1.03 bits per heavy atom. The molecule has 0 aliphatic carbocycles. The number of halogens is 1. The van der Waals surface area contributed by atoms with Crippen LogP contribution in [0, 0.1) is 6.92 Å². The van der Waals surface area contributed by atoms with Crippen LogP contribution in [0.3, 0.4) is 0 Å². The number of piperazine rings is 1. The van der Waals surface area contributed by atoms with E-state index in [9.17, 15) is 18.0 Å². The second-order valence-electron chi connectivity index (χ2n) is 7.02. The highest BCUT2D eigenvalue weighted by Gasteiger charge is 2.30. The Labute approximate surface area is 186 Å². The highest BCUT2D eigenvalue weighted by molar-refractivity contribution is 7.89. The molecule has 0 saturated carbocycles. The largest absolute Gasteiger partial charge is 0.496 e. The Morgan fingerprint density at radius 3 is 2.29 bits per heavy atom. The fraction of sp³-hybridized carbons (Fsp3) is 0.333. The van der Waals surface area contributed by atoms with Crippen molar-refractivity contribution in [1.82, 2.24) is 9.21 Å². The van der Waals surface area contributed by atoms with Crippen molar-refractivity contribution < 1.29 is 27.5 Å². The van der Waals surface area contributed by atoms with Crippen LogP contribution in [0.15, 0.2) is 47.4 Å². The topological polar surface area (TPSA) is 93.2 Å². The van der Waals surface area contributed by atoms with Crippen molar-refractivity contribution in [2.24, 2.45) is 0 Å². The zero-order chi connectivity index (χ0) is 22.6. The quantitative estimate of drug-likeness (QED) is 0.607. The summed E-state index contributed by atoms with van der Waals surface area (Å²) in [7, 11) is -2.21. The van der Waals surface area contributed by atoms with E-state index >= 15 is 0 Å². The Morgan fingerprint density at radius 2 is 1.68 bits per heavy atom. The molecule has 2 aromatic carbocycles. The lowest BCUT2D eigenvalue weighted by atomic mass is 10.2. The third-order valence-electron chi connectivity index (χ3n) is 4.96. The first-order valence-corrected chi connectivity index (χ1v) is 11.4. The molecule has 0 unspecified atom stereocenters. The molecule has 0 bridgehead atoms. The smallest absolute Gasteiger partial charge is 0.342 e. The number of rotatable bonds is 6. The Balaban J connectivity index is 1.55. The van der Waals surface area contributed by atoms with E-state index in [0.29, 0.717) is 5.02 Å². The molecular formula is C21H23ClN2O6S. The molecule has 31 heavy (non-hydrogen) atoms. The maximum absolute atomic E-state index is 12.8. The number of hydrogen-bond acceptors (Lipinski definition) is 6. The molecule has 2 aromatic rings. The van der Waals surface area contributed by atoms with Crippen molar-refractivity contribution >= 4 is 33.5 Å². The van der Waals surface area contributed by atoms with Gasteiger partial charge in [0.25, 0.3) is 5.91 Å². The van der Waals surface area contributed by atoms with Crippen LogP contribution in [0.2, 0.25) is 5.02 Å². The summed E-state index contributed by atoms with van der Waals surface area (Å²) in [6.45, 7) is 2.18. The van der Waals surface area contributed by atoms with Gasteiger partial charge in [0.1, 0.15) is 11.3 Å². The summed E-state index contributed by atoms with van der Waals surface area (Å²) in [5.74, 6) is -0.841. The van der Waals surface area contributed by atoms with Gasteiger partial charge in [-0.3, -0.25) is 4.79 Å². The van der Waals surface area contributed by atoms with Gasteiger partial charge in [-0.1, -0.05) is 29.3 Å². The van der Waals surface area contributed by atoms with E-state index in [1.165, 1.54) is 28.4 Å². The third kappa shape index (κ3) is 5.36. The van der Waals surface area contributed by atoms with Crippen LogP contribution in [-0.2, 0) is 19.6 Å². The second-order valence-corrected chi connectivity index (χ2v) is 9.39. The van der Waals surface area contributed by atoms with Crippen LogP contribution >= 0.6 is 11.6 Å². The Hall–Kier alpha value is -2.62. The number of aryl methyl sites for hydroxylation is 1. The first-order chi connectivity index (χ1) is 14.7. The average Bonchev–Trinajstić information content (AvgIpc) is 2.77. The molecule has 1 aliphatic heterocycles. The van der Waals surface area contributed by atoms with Crippen LogP contribution in [-0.4, -0.2) is 69.4 Å². The number of carbonyl (C=O) groups is 2. The molecule has 0 aromatic heterocycles. The standard InChI is InChI=1S/C21H23ClN2O6S/c1-15-3-6-17(7-4-15)31(27,28)24-11-9-23(10-12-24)20(25)14-30-21(26)18-13-16(22)5-8-19(18)29-2/h3-8,13H,9-12,14H2,1-2H3. The van der Waals surface area contributed by atoms with Crippen molar-refractivity contribution in [1.29, 1.82) is 0 Å². The minimum atomic E-state index is -3.62. The third-order valence-corrected chi connectivity index (χ3v) is 7.11. The zero-order valence-electron chi connectivity index (χ0n) is 17.2. The maximum atomic E-state index is 12.8. The van der Waals surface area contributed by atoms with Crippen molar-refractivity contribution in [3.63, 3.8) is 0 Å². The summed E-state index contributed by atoms with van der Waals surface area (Å²) >= 11 is 5.91. The Kier molecular flexibility index (Phi) is 7.19. The van der Waals surface area contributed by atoms with E-state index in [1.54, 1.807) is 30.3 Å². The molecule has 1 saturated heterocycles. The molecule has 1 aliphatic rings. The van der Waals surface area contributed by atoms with Crippen molar-refractivity contribution in [2.75, 3.05) is 39.9 Å². The van der Waals surface area contributed by atoms with E-state index in [2.05, 4.69) is 0 Å². The lowest BCUT2D eigenvalue weighted by molar-refractivity contribution is -0.135. The van der Waals surface area contributed by atoms with Gasteiger partial charge in [-0.2, -0.15) is 4.31 Å². The van der Waals surface area contributed by atoms with Crippen LogP contribution < -0.4 is 4.74 Å². The fourth-order valence-corrected chi connectivity index (χ4v) is 4.77. The SMILES string of the molecule is COc1ccc(Cl)cc1C(=O)OCC(=O)N1CCN(S(=O)(=O)c2ccc(C)cc2)CC1. The monoisotopic (exact) mass is 466 g/mol. The van der Waals surface area contributed by atoms with E-state index in [0.717, 1.165) is 5.56 Å². The molecule has 0 N–H and O–H groups in total. The van der Waals surface area contributed by atoms with Gasteiger partial charge in [-0.25, -0.2) is 13.2 Å². The van der Waals surface area contributed by atoms with Gasteiger partial charge in [0.2, 0.25) is 10.0 Å². The summed E-state index contributed by atoms with van der Waals surface area (Å²) in [5.41, 5.74) is 1.09. The van der Waals surface area contributed by atoms with Gasteiger partial charge < -0.3 is 14.4 Å². The first-order valence-electron chi connectivity index (χ1n) is 9.57. The maximum Gasteiger partial charge on any atom is 0.342 e. The number of amides is 1. The number of methoxy groups -OCH3 is 1. The second kappa shape index (κ2) is 9.67. The molecule has 1 amide bonds. The summed E-state index contributed by atoms with van der Waals surface area (Å²) in [6.07, 6.45) is 0. The molecule has 1 heterocycles. The van der Waals surface area contributed by atoms with Gasteiger partial charge >= 0.3 is 5.97 Å². The predicted octanol–water partition coefficient (Wildman–Crippen LogP) is 2.35. The summed E-state index contributed by atoms with van der Waals surface area (Å²) in [5, 5.41) is 0.338. The number of nitrogens with zero attached hydrogens (tertiary/aromatic N) is 2. The lowest BCUT2D eigenvalue weighted by Crippen LogP contribution is -2.51. The van der Waals surface area contributed by atoms with Gasteiger partial charge in [-0.15, -0.1) is 0 Å². The van der Waals surface area contributed by atoms with Gasteiger partial charge in [-0.05, 0) is 37.3 Å². The molecular weight excluding hydrogens is 444 g/mol. The van der Waals surface area contributed by atoms with E-state index in [-0.39, 0.29) is 42.4 Å². The number of esters is 1. The number of ether oxygens (including phenoxy) is 2. The highest BCUT2D eigenvalue weighted by Crippen LogP contribution is 2.23. The molecule has 166 valence electrons. The highest BCUT2D eigenvalue weighted by atomic mass is 35.5. The Bertz CT molecular complexity index is 1060. The molecule has 8 nitrogen and oxygen atoms in total. The van der Waals surface area contributed by atoms with Crippen LogP contribution in [0.4, 0.5) is 0 Å². The molecule has 3 rings (SSSR count). The minimum absolute atomic E-state index is 0.122. The fourth-order valence-electron chi connectivity index (χ4n) is 3.17. The van der Waals surface area contributed by atoms with Gasteiger partial charge in [0.05, 0.1) is 12.0 Å². The summed E-state index contributed by atoms with van der Waals surface area (Å²) < 4.78 is 37.1. The predicted molar refractivity (Wildman–Crippen MR) is 115 cm³/mol. The van der Waals surface area contributed by atoms with Crippen molar-refractivity contribution in [3.8, 4) is 5.75 Å². The molecule has 1 fully saturated rings. The van der Waals surface area contributed by atoms with E-state index in [4.69, 9.17) is 21.1 Å². The molecule has 0 atom stereocenters. The van der Waals surface area contributed by atoms with E-state index < -0.39 is 28.5 Å². The normalized spacial score (nSPS) is 14.9.